The predicted octanol–water partition coefficient (Wildman–Crippen LogP) is 2.13. The first kappa shape index (κ1) is 9.98. The van der Waals surface area contributed by atoms with Crippen LogP contribution in [-0.2, 0) is 4.79 Å². The second-order valence-electron chi connectivity index (χ2n) is 3.31. The molecule has 1 saturated heterocycles. The van der Waals surface area contributed by atoms with Gasteiger partial charge < -0.3 is 5.32 Å². The summed E-state index contributed by atoms with van der Waals surface area (Å²) in [6, 6.07) is 7.90. The molecule has 0 atom stereocenters. The van der Waals surface area contributed by atoms with E-state index < -0.39 is 0 Å². The maximum atomic E-state index is 11.3. The summed E-state index contributed by atoms with van der Waals surface area (Å²) in [7, 11) is 0. The van der Waals surface area contributed by atoms with E-state index in [1.54, 1.807) is 6.08 Å². The van der Waals surface area contributed by atoms with E-state index in [9.17, 15) is 4.79 Å². The molecule has 2 N–H and O–H groups in total. The number of carbonyl (C=O) groups is 1. The van der Waals surface area contributed by atoms with E-state index >= 15 is 0 Å². The SMILES string of the molecule is Cc1cccc(/C=C2/SC(=N)NC2=O)c1. The van der Waals surface area contributed by atoms with Gasteiger partial charge in [0.05, 0.1) is 4.91 Å². The average Bonchev–Trinajstić information content (AvgIpc) is 2.45. The van der Waals surface area contributed by atoms with Crippen molar-refractivity contribution >= 4 is 28.9 Å². The smallest absolute Gasteiger partial charge is 0.264 e. The second-order valence-corrected chi connectivity index (χ2v) is 4.36. The molecule has 0 bridgehead atoms. The standard InChI is InChI=1S/C11H10N2OS/c1-7-3-2-4-8(5-7)6-9-10(14)13-11(12)15-9/h2-6H,1H3,(H2,12,13,14)/b9-6+. The number of hydrogen-bond acceptors (Lipinski definition) is 3. The fraction of sp³-hybridized carbons (Fsp3) is 0.0909. The van der Waals surface area contributed by atoms with Crippen LogP contribution in [0.4, 0.5) is 0 Å². The molecule has 0 aromatic heterocycles. The Kier molecular flexibility index (Phi) is 2.60. The van der Waals surface area contributed by atoms with Gasteiger partial charge in [-0.05, 0) is 30.3 Å². The normalized spacial score (nSPS) is 18.3. The van der Waals surface area contributed by atoms with Gasteiger partial charge >= 0.3 is 0 Å². The van der Waals surface area contributed by atoms with Gasteiger partial charge in [0.25, 0.3) is 5.91 Å². The van der Waals surface area contributed by atoms with E-state index in [2.05, 4.69) is 5.32 Å². The number of carbonyl (C=O) groups excluding carboxylic acids is 1. The van der Waals surface area contributed by atoms with Gasteiger partial charge in [-0.2, -0.15) is 0 Å². The molecule has 1 aromatic carbocycles. The molecule has 2 rings (SSSR count). The number of amides is 1. The van der Waals surface area contributed by atoms with Crippen molar-refractivity contribution in [2.75, 3.05) is 0 Å². The minimum absolute atomic E-state index is 0.188. The van der Waals surface area contributed by atoms with Gasteiger partial charge in [0.15, 0.2) is 5.17 Å². The molecule has 3 nitrogen and oxygen atoms in total. The van der Waals surface area contributed by atoms with Crippen molar-refractivity contribution in [3.05, 3.63) is 40.3 Å². The molecule has 1 aliphatic heterocycles. The topological polar surface area (TPSA) is 53.0 Å². The minimum Gasteiger partial charge on any atom is -0.301 e. The number of hydrogen-bond donors (Lipinski definition) is 2. The fourth-order valence-corrected chi connectivity index (χ4v) is 2.06. The van der Waals surface area contributed by atoms with E-state index in [0.29, 0.717) is 4.91 Å². The van der Waals surface area contributed by atoms with E-state index in [1.807, 2.05) is 31.2 Å². The van der Waals surface area contributed by atoms with Gasteiger partial charge in [0, 0.05) is 0 Å². The Bertz CT molecular complexity index is 465. The molecular weight excluding hydrogens is 208 g/mol. The summed E-state index contributed by atoms with van der Waals surface area (Å²) in [6.45, 7) is 2.01. The van der Waals surface area contributed by atoms with Crippen LogP contribution in [-0.4, -0.2) is 11.1 Å². The van der Waals surface area contributed by atoms with Crippen molar-refractivity contribution in [1.29, 1.82) is 5.41 Å². The second kappa shape index (κ2) is 3.90. The molecule has 1 fully saturated rings. The monoisotopic (exact) mass is 218 g/mol. The molecule has 0 unspecified atom stereocenters. The highest BCUT2D eigenvalue weighted by Gasteiger charge is 2.21. The Labute approximate surface area is 92.1 Å². The van der Waals surface area contributed by atoms with Crippen LogP contribution in [0.25, 0.3) is 6.08 Å². The predicted molar refractivity (Wildman–Crippen MR) is 62.6 cm³/mol. The van der Waals surface area contributed by atoms with Crippen LogP contribution < -0.4 is 5.32 Å². The van der Waals surface area contributed by atoms with Crippen molar-refractivity contribution in [2.45, 2.75) is 6.92 Å². The van der Waals surface area contributed by atoms with Crippen molar-refractivity contribution in [2.24, 2.45) is 0 Å². The molecule has 0 radical (unpaired) electrons. The van der Waals surface area contributed by atoms with E-state index in [0.717, 1.165) is 22.9 Å². The lowest BCUT2D eigenvalue weighted by molar-refractivity contribution is -0.115. The van der Waals surface area contributed by atoms with E-state index in [4.69, 9.17) is 5.41 Å². The molecule has 1 aliphatic rings. The number of amidine groups is 1. The maximum absolute atomic E-state index is 11.3. The lowest BCUT2D eigenvalue weighted by Gasteiger charge is -1.96. The van der Waals surface area contributed by atoms with Crippen molar-refractivity contribution in [3.8, 4) is 0 Å². The third-order valence-electron chi connectivity index (χ3n) is 2.00. The summed E-state index contributed by atoms with van der Waals surface area (Å²) in [5.74, 6) is -0.188. The zero-order valence-corrected chi connectivity index (χ0v) is 9.02. The van der Waals surface area contributed by atoms with Crippen molar-refractivity contribution < 1.29 is 4.79 Å². The highest BCUT2D eigenvalue weighted by atomic mass is 32.2. The Balaban J connectivity index is 2.31. The van der Waals surface area contributed by atoms with Gasteiger partial charge in [-0.3, -0.25) is 10.2 Å². The highest BCUT2D eigenvalue weighted by molar-refractivity contribution is 8.18. The molecule has 15 heavy (non-hydrogen) atoms. The molecule has 4 heteroatoms. The Morgan fingerprint density at radius 2 is 2.27 bits per heavy atom. The van der Waals surface area contributed by atoms with Crippen LogP contribution >= 0.6 is 11.8 Å². The molecule has 0 saturated carbocycles. The van der Waals surface area contributed by atoms with Crippen LogP contribution in [0, 0.1) is 12.3 Å². The third-order valence-corrected chi connectivity index (χ3v) is 2.83. The zero-order chi connectivity index (χ0) is 10.8. The largest absolute Gasteiger partial charge is 0.301 e. The van der Waals surface area contributed by atoms with Gasteiger partial charge in [-0.25, -0.2) is 0 Å². The van der Waals surface area contributed by atoms with Crippen LogP contribution in [0.15, 0.2) is 29.2 Å². The minimum atomic E-state index is -0.188. The summed E-state index contributed by atoms with van der Waals surface area (Å²) in [4.78, 5) is 11.9. The van der Waals surface area contributed by atoms with E-state index in [-0.39, 0.29) is 11.1 Å². The van der Waals surface area contributed by atoms with Crippen molar-refractivity contribution in [3.63, 3.8) is 0 Å². The third kappa shape index (κ3) is 2.27. The first-order chi connectivity index (χ1) is 7.15. The van der Waals surface area contributed by atoms with Crippen molar-refractivity contribution in [1.82, 2.24) is 5.32 Å². The molecule has 1 amide bonds. The molecule has 0 spiro atoms. The Hall–Kier alpha value is -1.55. The number of rotatable bonds is 1. The summed E-state index contributed by atoms with van der Waals surface area (Å²) < 4.78 is 0. The summed E-state index contributed by atoms with van der Waals surface area (Å²) in [5, 5.41) is 9.94. The fourth-order valence-electron chi connectivity index (χ4n) is 1.35. The summed E-state index contributed by atoms with van der Waals surface area (Å²) in [6.07, 6.45) is 1.80. The highest BCUT2D eigenvalue weighted by Crippen LogP contribution is 2.24. The maximum Gasteiger partial charge on any atom is 0.264 e. The van der Waals surface area contributed by atoms with Crippen LogP contribution in [0.1, 0.15) is 11.1 Å². The molecule has 0 aliphatic carbocycles. The number of benzene rings is 1. The van der Waals surface area contributed by atoms with Gasteiger partial charge in [0.1, 0.15) is 0 Å². The van der Waals surface area contributed by atoms with Gasteiger partial charge in [-0.1, -0.05) is 29.8 Å². The molecule has 1 aromatic rings. The van der Waals surface area contributed by atoms with Crippen LogP contribution in [0.5, 0.6) is 0 Å². The van der Waals surface area contributed by atoms with E-state index in [1.165, 1.54) is 0 Å². The quantitative estimate of drug-likeness (QED) is 0.709. The Morgan fingerprint density at radius 1 is 1.47 bits per heavy atom. The zero-order valence-electron chi connectivity index (χ0n) is 8.20. The average molecular weight is 218 g/mol. The molecule has 1 heterocycles. The van der Waals surface area contributed by atoms with Gasteiger partial charge in [0.2, 0.25) is 0 Å². The number of thioether (sulfide) groups is 1. The lowest BCUT2D eigenvalue weighted by atomic mass is 10.1. The summed E-state index contributed by atoms with van der Waals surface area (Å²) >= 11 is 1.16. The first-order valence-corrected chi connectivity index (χ1v) is 5.33. The number of nitrogens with one attached hydrogen (secondary N) is 2. The van der Waals surface area contributed by atoms with Crippen LogP contribution in [0.2, 0.25) is 0 Å². The summed E-state index contributed by atoms with van der Waals surface area (Å²) in [5.41, 5.74) is 2.14. The van der Waals surface area contributed by atoms with Crippen LogP contribution in [0.3, 0.4) is 0 Å². The van der Waals surface area contributed by atoms with Gasteiger partial charge in [-0.15, -0.1) is 0 Å². The lowest BCUT2D eigenvalue weighted by Crippen LogP contribution is -2.18. The first-order valence-electron chi connectivity index (χ1n) is 4.51. The Morgan fingerprint density at radius 3 is 2.87 bits per heavy atom. The molecule has 76 valence electrons. The number of aryl methyl sites for hydroxylation is 1. The molecular formula is C11H10N2OS.